The Hall–Kier alpha value is -1.25. The molecule has 0 fully saturated rings. The summed E-state index contributed by atoms with van der Waals surface area (Å²) in [6.07, 6.45) is 5.10. The minimum absolute atomic E-state index is 0.0489. The predicted molar refractivity (Wildman–Crippen MR) is 59.4 cm³/mol. The van der Waals surface area contributed by atoms with Crippen molar-refractivity contribution in [3.8, 4) is 0 Å². The Morgan fingerprint density at radius 2 is 2.14 bits per heavy atom. The van der Waals surface area contributed by atoms with Crippen LogP contribution in [-0.4, -0.2) is 4.57 Å². The van der Waals surface area contributed by atoms with Crippen molar-refractivity contribution < 1.29 is 0 Å². The molecule has 78 valence electrons. The van der Waals surface area contributed by atoms with Crippen molar-refractivity contribution in [2.24, 2.45) is 0 Å². The van der Waals surface area contributed by atoms with Crippen LogP contribution in [0.1, 0.15) is 31.7 Å². The van der Waals surface area contributed by atoms with Gasteiger partial charge >= 0.3 is 0 Å². The molecule has 0 unspecified atom stereocenters. The Balaban J connectivity index is 2.77. The first-order chi connectivity index (χ1) is 6.65. The van der Waals surface area contributed by atoms with E-state index in [1.807, 2.05) is 6.92 Å². The Bertz CT molecular complexity index is 355. The highest BCUT2D eigenvalue weighted by Gasteiger charge is 1.99. The van der Waals surface area contributed by atoms with Gasteiger partial charge in [0.1, 0.15) is 0 Å². The summed E-state index contributed by atoms with van der Waals surface area (Å²) in [6, 6.07) is 1.60. The molecule has 0 aromatic carbocycles. The van der Waals surface area contributed by atoms with E-state index in [0.717, 1.165) is 31.4 Å². The summed E-state index contributed by atoms with van der Waals surface area (Å²) in [5, 5.41) is 0. The summed E-state index contributed by atoms with van der Waals surface area (Å²) in [4.78, 5) is 11.5. The van der Waals surface area contributed by atoms with E-state index in [4.69, 9.17) is 5.73 Å². The van der Waals surface area contributed by atoms with E-state index in [0.29, 0.717) is 5.69 Å². The maximum atomic E-state index is 11.5. The van der Waals surface area contributed by atoms with Gasteiger partial charge in [-0.25, -0.2) is 0 Å². The molecule has 3 heteroatoms. The highest BCUT2D eigenvalue weighted by molar-refractivity contribution is 5.42. The number of hydrogen-bond donors (Lipinski definition) is 1. The van der Waals surface area contributed by atoms with E-state index in [2.05, 4.69) is 6.92 Å². The molecular weight excluding hydrogens is 176 g/mol. The molecule has 0 radical (unpaired) electrons. The van der Waals surface area contributed by atoms with Gasteiger partial charge in [0.2, 0.25) is 0 Å². The van der Waals surface area contributed by atoms with Gasteiger partial charge in [0, 0.05) is 18.8 Å². The summed E-state index contributed by atoms with van der Waals surface area (Å²) in [5.41, 5.74) is 7.34. The summed E-state index contributed by atoms with van der Waals surface area (Å²) in [5.74, 6) is 0. The molecule has 1 heterocycles. The zero-order chi connectivity index (χ0) is 10.6. The van der Waals surface area contributed by atoms with Gasteiger partial charge < -0.3 is 10.3 Å². The number of hydrogen-bond acceptors (Lipinski definition) is 2. The predicted octanol–water partition coefficient (Wildman–Crippen LogP) is 1.93. The second-order valence-corrected chi connectivity index (χ2v) is 3.65. The van der Waals surface area contributed by atoms with Gasteiger partial charge in [-0.15, -0.1) is 0 Å². The molecule has 0 atom stereocenters. The number of pyridine rings is 1. The van der Waals surface area contributed by atoms with Crippen LogP contribution in [0.2, 0.25) is 0 Å². The fourth-order valence-electron chi connectivity index (χ4n) is 1.39. The van der Waals surface area contributed by atoms with Gasteiger partial charge in [0.15, 0.2) is 0 Å². The lowest BCUT2D eigenvalue weighted by Crippen LogP contribution is -2.20. The fraction of sp³-hybridized carbons (Fsp3) is 0.545. The lowest BCUT2D eigenvalue weighted by atomic mass is 10.2. The van der Waals surface area contributed by atoms with Crippen LogP contribution in [-0.2, 0) is 6.54 Å². The maximum absolute atomic E-state index is 11.5. The van der Waals surface area contributed by atoms with Crippen molar-refractivity contribution in [2.75, 3.05) is 5.73 Å². The second-order valence-electron chi connectivity index (χ2n) is 3.65. The average molecular weight is 194 g/mol. The van der Waals surface area contributed by atoms with Crippen LogP contribution >= 0.6 is 0 Å². The average Bonchev–Trinajstić information content (AvgIpc) is 2.14. The molecule has 0 amide bonds. The lowest BCUT2D eigenvalue weighted by molar-refractivity contribution is 0.588. The van der Waals surface area contributed by atoms with Gasteiger partial charge in [0.05, 0.1) is 5.69 Å². The third-order valence-electron chi connectivity index (χ3n) is 2.38. The molecule has 1 aromatic heterocycles. The quantitative estimate of drug-likeness (QED) is 0.744. The fourth-order valence-corrected chi connectivity index (χ4v) is 1.39. The minimum Gasteiger partial charge on any atom is -0.397 e. The summed E-state index contributed by atoms with van der Waals surface area (Å²) in [6.45, 7) is 4.77. The molecule has 0 saturated heterocycles. The first-order valence-electron chi connectivity index (χ1n) is 5.11. The van der Waals surface area contributed by atoms with E-state index in [-0.39, 0.29) is 5.56 Å². The number of aromatic nitrogens is 1. The van der Waals surface area contributed by atoms with E-state index < -0.39 is 0 Å². The maximum Gasteiger partial charge on any atom is 0.250 e. The summed E-state index contributed by atoms with van der Waals surface area (Å²) < 4.78 is 1.69. The van der Waals surface area contributed by atoms with Crippen LogP contribution in [0.3, 0.4) is 0 Å². The molecule has 1 aromatic rings. The third-order valence-corrected chi connectivity index (χ3v) is 2.38. The highest BCUT2D eigenvalue weighted by Crippen LogP contribution is 2.06. The lowest BCUT2D eigenvalue weighted by Gasteiger charge is -2.07. The SMILES string of the molecule is CCCCCn1cc(N)c(C)cc1=O. The van der Waals surface area contributed by atoms with E-state index in [1.165, 1.54) is 0 Å². The van der Waals surface area contributed by atoms with Crippen LogP contribution in [0, 0.1) is 6.92 Å². The van der Waals surface area contributed by atoms with Crippen LogP contribution < -0.4 is 11.3 Å². The Morgan fingerprint density at radius 3 is 2.79 bits per heavy atom. The number of aryl methyl sites for hydroxylation is 2. The Kier molecular flexibility index (Phi) is 3.74. The molecule has 1 rings (SSSR count). The second kappa shape index (κ2) is 4.84. The normalized spacial score (nSPS) is 10.4. The number of nitrogen functional groups attached to an aromatic ring is 1. The standard InChI is InChI=1S/C11H18N2O/c1-3-4-5-6-13-8-10(12)9(2)7-11(13)14/h7-8H,3-6,12H2,1-2H3. The van der Waals surface area contributed by atoms with Crippen LogP contribution in [0.25, 0.3) is 0 Å². The van der Waals surface area contributed by atoms with Crippen molar-refractivity contribution in [1.82, 2.24) is 4.57 Å². The largest absolute Gasteiger partial charge is 0.397 e. The molecule has 0 aliphatic carbocycles. The number of anilines is 1. The minimum atomic E-state index is 0.0489. The molecule has 2 N–H and O–H groups in total. The van der Waals surface area contributed by atoms with Gasteiger partial charge in [0.25, 0.3) is 5.56 Å². The molecule has 0 aliphatic rings. The van der Waals surface area contributed by atoms with Crippen molar-refractivity contribution in [3.63, 3.8) is 0 Å². The highest BCUT2D eigenvalue weighted by atomic mass is 16.1. The number of nitrogens with two attached hydrogens (primary N) is 1. The molecule has 0 saturated carbocycles. The third kappa shape index (κ3) is 2.62. The smallest absolute Gasteiger partial charge is 0.250 e. The topological polar surface area (TPSA) is 48.0 Å². The summed E-state index contributed by atoms with van der Waals surface area (Å²) >= 11 is 0. The Morgan fingerprint density at radius 1 is 1.43 bits per heavy atom. The van der Waals surface area contributed by atoms with Crippen LogP contribution in [0.4, 0.5) is 5.69 Å². The zero-order valence-electron chi connectivity index (χ0n) is 8.92. The first-order valence-corrected chi connectivity index (χ1v) is 5.11. The zero-order valence-corrected chi connectivity index (χ0v) is 8.92. The molecular formula is C11H18N2O. The van der Waals surface area contributed by atoms with Gasteiger partial charge in [-0.1, -0.05) is 19.8 Å². The van der Waals surface area contributed by atoms with Crippen molar-refractivity contribution >= 4 is 5.69 Å². The number of rotatable bonds is 4. The van der Waals surface area contributed by atoms with Crippen molar-refractivity contribution in [2.45, 2.75) is 39.7 Å². The molecule has 0 aliphatic heterocycles. The molecule has 3 nitrogen and oxygen atoms in total. The Labute approximate surface area is 84.6 Å². The molecule has 0 bridgehead atoms. The van der Waals surface area contributed by atoms with E-state index in [9.17, 15) is 4.79 Å². The van der Waals surface area contributed by atoms with Crippen molar-refractivity contribution in [3.05, 3.63) is 28.2 Å². The van der Waals surface area contributed by atoms with Gasteiger partial charge in [-0.3, -0.25) is 4.79 Å². The number of nitrogens with zero attached hydrogens (tertiary/aromatic N) is 1. The van der Waals surface area contributed by atoms with Crippen molar-refractivity contribution in [1.29, 1.82) is 0 Å². The van der Waals surface area contributed by atoms with E-state index in [1.54, 1.807) is 16.8 Å². The molecule has 14 heavy (non-hydrogen) atoms. The number of unbranched alkanes of at least 4 members (excludes halogenated alkanes) is 2. The monoisotopic (exact) mass is 194 g/mol. The van der Waals surface area contributed by atoms with Gasteiger partial charge in [-0.2, -0.15) is 0 Å². The van der Waals surface area contributed by atoms with Crippen LogP contribution in [0.15, 0.2) is 17.1 Å². The summed E-state index contributed by atoms with van der Waals surface area (Å²) in [7, 11) is 0. The van der Waals surface area contributed by atoms with Gasteiger partial charge in [-0.05, 0) is 18.9 Å². The van der Waals surface area contributed by atoms with Crippen LogP contribution in [0.5, 0.6) is 0 Å². The molecule has 0 spiro atoms. The first kappa shape index (κ1) is 10.8. The van der Waals surface area contributed by atoms with E-state index >= 15 is 0 Å².